The van der Waals surface area contributed by atoms with Crippen molar-refractivity contribution in [3.8, 4) is 0 Å². The van der Waals surface area contributed by atoms with Crippen LogP contribution in [0.15, 0.2) is 42.5 Å². The number of carbonyl (C=O) groups is 3. The fraction of sp³-hybridized carbons (Fsp3) is 0.286. The largest absolute Gasteiger partial charge is 0.307 e. The van der Waals surface area contributed by atoms with E-state index in [1.165, 1.54) is 18.2 Å². The summed E-state index contributed by atoms with van der Waals surface area (Å²) in [7, 11) is 0. The first-order valence-electron chi connectivity index (χ1n) is 8.82. The molecule has 0 spiro atoms. The second-order valence-corrected chi connectivity index (χ2v) is 6.79. The average molecular weight is 350 g/mol. The molecule has 3 rings (SSSR count). The van der Waals surface area contributed by atoms with Crippen LogP contribution < -0.4 is 11.5 Å². The molecule has 0 amide bonds. The smallest absolute Gasteiger partial charge is 0.197 e. The Balaban J connectivity index is 1.95. The number of unbranched alkanes of at least 4 members (excludes halogenated alkanes) is 2. The van der Waals surface area contributed by atoms with E-state index in [1.807, 2.05) is 0 Å². The monoisotopic (exact) mass is 350 g/mol. The molecule has 0 aliphatic heterocycles. The van der Waals surface area contributed by atoms with Gasteiger partial charge in [0.2, 0.25) is 0 Å². The number of fused-ring (bicyclic) bond motifs is 2. The SMILES string of the molecule is CCCCCC(N)(N)C(=O)c1ccc2c(c1)C(=O)c1ccccc1C2=O. The highest BCUT2D eigenvalue weighted by Gasteiger charge is 2.33. The molecule has 2 aromatic carbocycles. The Bertz CT molecular complexity index is 900. The van der Waals surface area contributed by atoms with Crippen LogP contribution in [-0.4, -0.2) is 23.0 Å². The van der Waals surface area contributed by atoms with Gasteiger partial charge in [-0.3, -0.25) is 14.4 Å². The van der Waals surface area contributed by atoms with E-state index in [4.69, 9.17) is 11.5 Å². The van der Waals surface area contributed by atoms with E-state index < -0.39 is 11.4 Å². The molecule has 5 heteroatoms. The summed E-state index contributed by atoms with van der Waals surface area (Å²) in [4.78, 5) is 38.1. The molecule has 2 aromatic rings. The van der Waals surface area contributed by atoms with Crippen LogP contribution in [-0.2, 0) is 0 Å². The van der Waals surface area contributed by atoms with Gasteiger partial charge in [0, 0.05) is 27.8 Å². The summed E-state index contributed by atoms with van der Waals surface area (Å²) >= 11 is 0. The fourth-order valence-electron chi connectivity index (χ4n) is 3.29. The maximum absolute atomic E-state index is 12.8. The van der Waals surface area contributed by atoms with E-state index in [9.17, 15) is 14.4 Å². The lowest BCUT2D eigenvalue weighted by molar-refractivity contribution is 0.0880. The normalized spacial score (nSPS) is 13.3. The fourth-order valence-corrected chi connectivity index (χ4v) is 3.29. The lowest BCUT2D eigenvalue weighted by Crippen LogP contribution is -2.56. The van der Waals surface area contributed by atoms with Gasteiger partial charge in [-0.05, 0) is 25.0 Å². The third-order valence-electron chi connectivity index (χ3n) is 4.80. The zero-order valence-electron chi connectivity index (χ0n) is 14.7. The zero-order chi connectivity index (χ0) is 18.9. The number of ketones is 3. The topological polar surface area (TPSA) is 103 Å². The second-order valence-electron chi connectivity index (χ2n) is 6.79. The number of benzene rings is 2. The minimum absolute atomic E-state index is 0.219. The van der Waals surface area contributed by atoms with Crippen molar-refractivity contribution < 1.29 is 14.4 Å². The summed E-state index contributed by atoms with van der Waals surface area (Å²) in [5.74, 6) is -0.908. The highest BCUT2D eigenvalue weighted by Crippen LogP contribution is 2.28. The van der Waals surface area contributed by atoms with Gasteiger partial charge in [-0.25, -0.2) is 0 Å². The van der Waals surface area contributed by atoms with Crippen molar-refractivity contribution in [2.45, 2.75) is 38.3 Å². The van der Waals surface area contributed by atoms with E-state index in [0.717, 1.165) is 19.3 Å². The first-order chi connectivity index (χ1) is 12.4. The van der Waals surface area contributed by atoms with Gasteiger partial charge in [-0.1, -0.05) is 50.1 Å². The van der Waals surface area contributed by atoms with Gasteiger partial charge in [0.1, 0.15) is 5.66 Å². The lowest BCUT2D eigenvalue weighted by atomic mass is 9.82. The van der Waals surface area contributed by atoms with Crippen molar-refractivity contribution in [3.05, 3.63) is 70.3 Å². The maximum Gasteiger partial charge on any atom is 0.197 e. The molecule has 0 unspecified atom stereocenters. The molecule has 0 saturated carbocycles. The van der Waals surface area contributed by atoms with Gasteiger partial charge in [-0.2, -0.15) is 0 Å². The highest BCUT2D eigenvalue weighted by atomic mass is 16.1. The summed E-state index contributed by atoms with van der Waals surface area (Å²) in [6.07, 6.45) is 3.06. The number of hydrogen-bond acceptors (Lipinski definition) is 5. The number of carbonyl (C=O) groups excluding carboxylic acids is 3. The molecular formula is C21H22N2O3. The molecular weight excluding hydrogens is 328 g/mol. The van der Waals surface area contributed by atoms with Crippen LogP contribution in [0.5, 0.6) is 0 Å². The van der Waals surface area contributed by atoms with Crippen LogP contribution in [0.4, 0.5) is 0 Å². The van der Waals surface area contributed by atoms with Crippen LogP contribution in [0.25, 0.3) is 0 Å². The standard InChI is InChI=1S/C21H22N2O3/c1-2-3-6-11-21(22,23)20(26)13-9-10-16-17(12-13)19(25)15-8-5-4-7-14(15)18(16)24/h4-5,7-10,12H,2-3,6,11,22-23H2,1H3. The van der Waals surface area contributed by atoms with Gasteiger partial charge in [-0.15, -0.1) is 0 Å². The van der Waals surface area contributed by atoms with Gasteiger partial charge in [0.15, 0.2) is 17.3 Å². The highest BCUT2D eigenvalue weighted by molar-refractivity contribution is 6.28. The maximum atomic E-state index is 12.8. The van der Waals surface area contributed by atoms with Crippen LogP contribution in [0.1, 0.15) is 74.8 Å². The predicted octanol–water partition coefficient (Wildman–Crippen LogP) is 2.84. The Morgan fingerprint density at radius 2 is 1.46 bits per heavy atom. The van der Waals surface area contributed by atoms with E-state index >= 15 is 0 Å². The summed E-state index contributed by atoms with van der Waals surface area (Å²) in [5.41, 5.74) is 12.1. The second kappa shape index (κ2) is 6.94. The molecule has 0 radical (unpaired) electrons. The van der Waals surface area contributed by atoms with Crippen molar-refractivity contribution in [1.82, 2.24) is 0 Å². The van der Waals surface area contributed by atoms with Gasteiger partial charge in [0.25, 0.3) is 0 Å². The van der Waals surface area contributed by atoms with Crippen molar-refractivity contribution in [2.24, 2.45) is 11.5 Å². The summed E-state index contributed by atoms with van der Waals surface area (Å²) in [6, 6.07) is 11.2. The molecule has 0 heterocycles. The molecule has 0 saturated heterocycles. The third kappa shape index (κ3) is 3.11. The first kappa shape index (κ1) is 18.2. The molecule has 4 N–H and O–H groups in total. The molecule has 5 nitrogen and oxygen atoms in total. The third-order valence-corrected chi connectivity index (χ3v) is 4.80. The number of rotatable bonds is 6. The molecule has 0 fully saturated rings. The molecule has 0 atom stereocenters. The van der Waals surface area contributed by atoms with Crippen LogP contribution >= 0.6 is 0 Å². The Morgan fingerprint density at radius 3 is 2.08 bits per heavy atom. The van der Waals surface area contributed by atoms with E-state index in [2.05, 4.69) is 6.92 Å². The Labute approximate surface area is 152 Å². The van der Waals surface area contributed by atoms with Crippen molar-refractivity contribution in [2.75, 3.05) is 0 Å². The first-order valence-corrected chi connectivity index (χ1v) is 8.82. The predicted molar refractivity (Wildman–Crippen MR) is 99.3 cm³/mol. The molecule has 1 aliphatic rings. The van der Waals surface area contributed by atoms with E-state index in [0.29, 0.717) is 23.1 Å². The zero-order valence-corrected chi connectivity index (χ0v) is 14.7. The van der Waals surface area contributed by atoms with E-state index in [-0.39, 0.29) is 22.7 Å². The van der Waals surface area contributed by atoms with Gasteiger partial charge >= 0.3 is 0 Å². The Morgan fingerprint density at radius 1 is 0.885 bits per heavy atom. The van der Waals surface area contributed by atoms with Gasteiger partial charge < -0.3 is 11.5 Å². The number of nitrogens with two attached hydrogens (primary N) is 2. The van der Waals surface area contributed by atoms with Crippen molar-refractivity contribution in [3.63, 3.8) is 0 Å². The van der Waals surface area contributed by atoms with Crippen LogP contribution in [0, 0.1) is 0 Å². The minimum atomic E-state index is -1.48. The molecule has 0 aromatic heterocycles. The van der Waals surface area contributed by atoms with Crippen molar-refractivity contribution >= 4 is 17.3 Å². The summed E-state index contributed by atoms with van der Waals surface area (Å²) in [5, 5.41) is 0. The van der Waals surface area contributed by atoms with Crippen molar-refractivity contribution in [1.29, 1.82) is 0 Å². The van der Waals surface area contributed by atoms with Crippen LogP contribution in [0.3, 0.4) is 0 Å². The molecule has 26 heavy (non-hydrogen) atoms. The lowest BCUT2D eigenvalue weighted by Gasteiger charge is -2.24. The Hall–Kier alpha value is -2.63. The quantitative estimate of drug-likeness (QED) is 0.404. The number of Topliss-reactive ketones (excluding diaryl/α,β-unsaturated/α-hetero) is 1. The molecule has 1 aliphatic carbocycles. The molecule has 134 valence electrons. The summed E-state index contributed by atoms with van der Waals surface area (Å²) in [6.45, 7) is 2.06. The Kier molecular flexibility index (Phi) is 4.85. The van der Waals surface area contributed by atoms with Crippen LogP contribution in [0.2, 0.25) is 0 Å². The molecule has 0 bridgehead atoms. The van der Waals surface area contributed by atoms with E-state index in [1.54, 1.807) is 24.3 Å². The average Bonchev–Trinajstić information content (AvgIpc) is 2.65. The number of hydrogen-bond donors (Lipinski definition) is 2. The summed E-state index contributed by atoms with van der Waals surface area (Å²) < 4.78 is 0. The van der Waals surface area contributed by atoms with Gasteiger partial charge in [0.05, 0.1) is 0 Å². The minimum Gasteiger partial charge on any atom is -0.307 e.